The summed E-state index contributed by atoms with van der Waals surface area (Å²) >= 11 is 11.5. The van der Waals surface area contributed by atoms with Crippen LogP contribution in [0.3, 0.4) is 0 Å². The van der Waals surface area contributed by atoms with E-state index in [2.05, 4.69) is 15.4 Å². The lowest BCUT2D eigenvalue weighted by atomic mass is 10.2. The number of alkyl halides is 1. The van der Waals surface area contributed by atoms with Gasteiger partial charge in [-0.2, -0.15) is 4.80 Å². The Labute approximate surface area is 123 Å². The van der Waals surface area contributed by atoms with E-state index < -0.39 is 0 Å². The van der Waals surface area contributed by atoms with Crippen molar-refractivity contribution < 1.29 is 9.21 Å². The molecule has 0 fully saturated rings. The zero-order valence-electron chi connectivity index (χ0n) is 10.1. The largest absolute Gasteiger partial charge is 0.453 e. The highest BCUT2D eigenvalue weighted by Crippen LogP contribution is 2.23. The molecule has 0 aliphatic heterocycles. The molecular weight excluding hydrogens is 303 g/mol. The summed E-state index contributed by atoms with van der Waals surface area (Å²) in [6.45, 7) is -0.0581. The molecule has 0 unspecified atom stereocenters. The number of benzene rings is 1. The van der Waals surface area contributed by atoms with Crippen molar-refractivity contribution >= 4 is 40.0 Å². The van der Waals surface area contributed by atoms with E-state index in [1.165, 1.54) is 4.80 Å². The molecule has 20 heavy (non-hydrogen) atoms. The molecular formula is C12H8Cl2N4O2. The van der Waals surface area contributed by atoms with Crippen LogP contribution in [0.5, 0.6) is 0 Å². The van der Waals surface area contributed by atoms with E-state index in [-0.39, 0.29) is 24.0 Å². The van der Waals surface area contributed by atoms with E-state index in [9.17, 15) is 4.79 Å². The van der Waals surface area contributed by atoms with Crippen molar-refractivity contribution in [2.45, 2.75) is 12.4 Å². The average molecular weight is 311 g/mol. The van der Waals surface area contributed by atoms with Crippen LogP contribution in [0.4, 0.5) is 0 Å². The number of ketones is 1. The third kappa shape index (κ3) is 2.52. The second-order valence-electron chi connectivity index (χ2n) is 4.09. The highest BCUT2D eigenvalue weighted by molar-refractivity contribution is 6.31. The minimum Gasteiger partial charge on any atom is -0.453 e. The highest BCUT2D eigenvalue weighted by Gasteiger charge is 2.15. The number of carbonyl (C=O) groups is 1. The SMILES string of the molecule is O=C(Cn1nnc(CCl)n1)c1cc2cc(Cl)ccc2o1. The first kappa shape index (κ1) is 13.1. The number of aromatic nitrogens is 4. The van der Waals surface area contributed by atoms with Crippen molar-refractivity contribution in [2.24, 2.45) is 0 Å². The molecule has 8 heteroatoms. The number of furan rings is 1. The Bertz CT molecular complexity index is 781. The molecule has 0 saturated heterocycles. The quantitative estimate of drug-likeness (QED) is 0.547. The van der Waals surface area contributed by atoms with Crippen LogP contribution in [0.15, 0.2) is 28.7 Å². The van der Waals surface area contributed by atoms with Gasteiger partial charge in [0.1, 0.15) is 12.1 Å². The van der Waals surface area contributed by atoms with Gasteiger partial charge in [0.05, 0.1) is 5.88 Å². The predicted octanol–water partition coefficient (Wildman–Crippen LogP) is 2.69. The minimum atomic E-state index is -0.254. The molecule has 0 atom stereocenters. The third-order valence-electron chi connectivity index (χ3n) is 2.65. The Morgan fingerprint density at radius 2 is 2.20 bits per heavy atom. The topological polar surface area (TPSA) is 73.8 Å². The van der Waals surface area contributed by atoms with Crippen LogP contribution in [0.1, 0.15) is 16.4 Å². The van der Waals surface area contributed by atoms with E-state index in [4.69, 9.17) is 27.6 Å². The Morgan fingerprint density at radius 1 is 1.35 bits per heavy atom. The van der Waals surface area contributed by atoms with Crippen molar-refractivity contribution in [3.05, 3.63) is 40.9 Å². The van der Waals surface area contributed by atoms with Gasteiger partial charge < -0.3 is 4.42 Å². The van der Waals surface area contributed by atoms with Gasteiger partial charge in [0.2, 0.25) is 5.78 Å². The van der Waals surface area contributed by atoms with Crippen LogP contribution < -0.4 is 0 Å². The first-order valence-corrected chi connectivity index (χ1v) is 6.62. The number of nitrogens with zero attached hydrogens (tertiary/aromatic N) is 4. The van der Waals surface area contributed by atoms with Gasteiger partial charge in [0.15, 0.2) is 11.6 Å². The lowest BCUT2D eigenvalue weighted by Gasteiger charge is -1.94. The van der Waals surface area contributed by atoms with Gasteiger partial charge in [0.25, 0.3) is 0 Å². The highest BCUT2D eigenvalue weighted by atomic mass is 35.5. The molecule has 0 spiro atoms. The van der Waals surface area contributed by atoms with Crippen LogP contribution in [-0.2, 0) is 12.4 Å². The number of carbonyl (C=O) groups excluding carboxylic acids is 1. The number of hydrogen-bond donors (Lipinski definition) is 0. The number of rotatable bonds is 4. The van der Waals surface area contributed by atoms with Gasteiger partial charge in [-0.1, -0.05) is 11.6 Å². The van der Waals surface area contributed by atoms with Crippen molar-refractivity contribution in [3.63, 3.8) is 0 Å². The Hall–Kier alpha value is -1.92. The summed E-state index contributed by atoms with van der Waals surface area (Å²) in [7, 11) is 0. The standard InChI is InChI=1S/C12H8Cl2N4O2/c13-5-12-15-17-18(16-12)6-9(19)11-4-7-3-8(14)1-2-10(7)20-11/h1-4H,5-6H2. The zero-order valence-corrected chi connectivity index (χ0v) is 11.6. The molecule has 0 aliphatic rings. The van der Waals surface area contributed by atoms with Gasteiger partial charge in [-0.3, -0.25) is 4.79 Å². The normalized spacial score (nSPS) is 11.1. The first-order valence-electron chi connectivity index (χ1n) is 5.70. The summed E-state index contributed by atoms with van der Waals surface area (Å²) in [5.74, 6) is 0.496. The van der Waals surface area contributed by atoms with E-state index in [0.29, 0.717) is 16.4 Å². The van der Waals surface area contributed by atoms with Crippen LogP contribution in [-0.4, -0.2) is 26.0 Å². The summed E-state index contributed by atoms with van der Waals surface area (Å²) in [5.41, 5.74) is 0.603. The van der Waals surface area contributed by atoms with Gasteiger partial charge in [-0.15, -0.1) is 21.8 Å². The van der Waals surface area contributed by atoms with Gasteiger partial charge >= 0.3 is 0 Å². The average Bonchev–Trinajstić information content (AvgIpc) is 3.04. The number of Topliss-reactive ketones (excluding diaryl/α,β-unsaturated/α-hetero) is 1. The second kappa shape index (κ2) is 5.22. The summed E-state index contributed by atoms with van der Waals surface area (Å²) < 4.78 is 5.47. The van der Waals surface area contributed by atoms with Crippen LogP contribution in [0.25, 0.3) is 11.0 Å². The van der Waals surface area contributed by atoms with Crippen LogP contribution >= 0.6 is 23.2 Å². The molecule has 2 heterocycles. The molecule has 6 nitrogen and oxygen atoms in total. The number of fused-ring (bicyclic) bond motifs is 1. The van der Waals surface area contributed by atoms with E-state index >= 15 is 0 Å². The molecule has 0 aliphatic carbocycles. The Balaban J connectivity index is 1.84. The zero-order chi connectivity index (χ0) is 14.1. The van der Waals surface area contributed by atoms with E-state index in [0.717, 1.165) is 5.39 Å². The van der Waals surface area contributed by atoms with Crippen LogP contribution in [0.2, 0.25) is 5.02 Å². The monoisotopic (exact) mass is 310 g/mol. The molecule has 0 bridgehead atoms. The fourth-order valence-electron chi connectivity index (χ4n) is 1.75. The van der Waals surface area contributed by atoms with Gasteiger partial charge in [-0.25, -0.2) is 0 Å². The Kier molecular flexibility index (Phi) is 3.42. The number of halogens is 2. The molecule has 3 aromatic rings. The third-order valence-corrected chi connectivity index (χ3v) is 3.13. The minimum absolute atomic E-state index is 0.0581. The van der Waals surface area contributed by atoms with E-state index in [1.54, 1.807) is 24.3 Å². The van der Waals surface area contributed by atoms with Crippen LogP contribution in [0, 0.1) is 0 Å². The van der Waals surface area contributed by atoms with E-state index in [1.807, 2.05) is 0 Å². The summed E-state index contributed by atoms with van der Waals surface area (Å²) in [4.78, 5) is 13.3. The van der Waals surface area contributed by atoms with Crippen molar-refractivity contribution in [1.29, 1.82) is 0 Å². The smallest absolute Gasteiger partial charge is 0.221 e. The number of hydrogen-bond acceptors (Lipinski definition) is 5. The lowest BCUT2D eigenvalue weighted by molar-refractivity contribution is 0.0936. The molecule has 0 radical (unpaired) electrons. The second-order valence-corrected chi connectivity index (χ2v) is 4.79. The maximum absolute atomic E-state index is 12.1. The maximum atomic E-state index is 12.1. The first-order chi connectivity index (χ1) is 9.65. The van der Waals surface area contributed by atoms with Gasteiger partial charge in [-0.05, 0) is 29.5 Å². The summed E-state index contributed by atoms with van der Waals surface area (Å²) in [6.07, 6.45) is 0. The molecule has 102 valence electrons. The Morgan fingerprint density at radius 3 is 2.95 bits per heavy atom. The van der Waals surface area contributed by atoms with Crippen molar-refractivity contribution in [3.8, 4) is 0 Å². The molecule has 0 saturated carbocycles. The maximum Gasteiger partial charge on any atom is 0.221 e. The molecule has 3 rings (SSSR count). The number of tetrazole rings is 1. The summed E-state index contributed by atoms with van der Waals surface area (Å²) in [6, 6.07) is 6.79. The van der Waals surface area contributed by atoms with Gasteiger partial charge in [0, 0.05) is 10.4 Å². The lowest BCUT2D eigenvalue weighted by Crippen LogP contribution is -2.12. The molecule has 0 amide bonds. The fourth-order valence-corrected chi connectivity index (χ4v) is 2.04. The molecule has 0 N–H and O–H groups in total. The predicted molar refractivity (Wildman–Crippen MR) is 72.9 cm³/mol. The fraction of sp³-hybridized carbons (Fsp3) is 0.167. The molecule has 1 aromatic carbocycles. The summed E-state index contributed by atoms with van der Waals surface area (Å²) in [5, 5.41) is 12.7. The molecule has 2 aromatic heterocycles. The van der Waals surface area contributed by atoms with Crippen molar-refractivity contribution in [2.75, 3.05) is 0 Å². The van der Waals surface area contributed by atoms with Crippen molar-refractivity contribution in [1.82, 2.24) is 20.2 Å².